The fourth-order valence-electron chi connectivity index (χ4n) is 6.88. The van der Waals surface area contributed by atoms with Crippen molar-refractivity contribution in [1.82, 2.24) is 10.3 Å². The van der Waals surface area contributed by atoms with Crippen LogP contribution in [0.2, 0.25) is 0 Å². The molecule has 1 unspecified atom stereocenters. The molecule has 1 atom stereocenters. The first-order valence-electron chi connectivity index (χ1n) is 14.1. The van der Waals surface area contributed by atoms with E-state index in [9.17, 15) is 0 Å². The monoisotopic (exact) mass is 530 g/mol. The van der Waals surface area contributed by atoms with Crippen molar-refractivity contribution in [2.24, 2.45) is 0 Å². The highest BCUT2D eigenvalue weighted by Gasteiger charge is 2.39. The molecule has 0 amide bonds. The molecule has 1 aliphatic carbocycles. The van der Waals surface area contributed by atoms with Crippen LogP contribution < -0.4 is 5.32 Å². The molecule has 1 N–H and O–H groups in total. The second-order valence-corrected chi connectivity index (χ2v) is 11.6. The average Bonchev–Trinajstić information content (AvgIpc) is 3.64. The molecule has 0 fully saturated rings. The number of rotatable bonds is 2. The van der Waals surface area contributed by atoms with E-state index in [1.807, 2.05) is 36.5 Å². The number of fused-ring (bicyclic) bond motifs is 8. The summed E-state index contributed by atoms with van der Waals surface area (Å²) in [5.41, 5.74) is 11.4. The van der Waals surface area contributed by atoms with Gasteiger partial charge in [0, 0.05) is 33.2 Å². The standard InChI is InChI=1S/C37H26N2O2/c1-37(2)27-10-7-19-38-33(27)34-28(37)17-18-29(39-34)21-13-15-22(16-14-21)32-35-25(23-8-3-5-11-30(23)40-35)20-26-24-9-4-6-12-31(24)41-36(26)32/h3-20,29,39H,1-2H3. The number of nitrogens with zero attached hydrogens (tertiary/aromatic N) is 1. The Balaban J connectivity index is 1.18. The van der Waals surface area contributed by atoms with Crippen LogP contribution in [0.5, 0.6) is 0 Å². The lowest BCUT2D eigenvalue weighted by molar-refractivity contribution is 0.642. The number of dihydropyridines is 1. The normalized spacial score (nSPS) is 17.5. The predicted octanol–water partition coefficient (Wildman–Crippen LogP) is 9.45. The molecule has 4 heteroatoms. The van der Waals surface area contributed by atoms with Gasteiger partial charge in [0.2, 0.25) is 0 Å². The van der Waals surface area contributed by atoms with Crippen molar-refractivity contribution in [2.45, 2.75) is 25.3 Å². The maximum atomic E-state index is 6.49. The molecule has 0 saturated carbocycles. The van der Waals surface area contributed by atoms with Crippen molar-refractivity contribution in [2.75, 3.05) is 0 Å². The molecule has 4 nitrogen and oxygen atoms in total. The summed E-state index contributed by atoms with van der Waals surface area (Å²) in [5.74, 6) is 0. The van der Waals surface area contributed by atoms with Gasteiger partial charge in [-0.25, -0.2) is 0 Å². The third kappa shape index (κ3) is 3.07. The topological polar surface area (TPSA) is 51.2 Å². The van der Waals surface area contributed by atoms with Gasteiger partial charge in [-0.3, -0.25) is 4.98 Å². The second kappa shape index (κ2) is 7.98. The van der Waals surface area contributed by atoms with E-state index in [2.05, 4.69) is 92.0 Å². The Morgan fingerprint density at radius 1 is 0.732 bits per heavy atom. The van der Waals surface area contributed by atoms with E-state index in [-0.39, 0.29) is 11.5 Å². The summed E-state index contributed by atoms with van der Waals surface area (Å²) < 4.78 is 13.0. The highest BCUT2D eigenvalue weighted by atomic mass is 16.3. The third-order valence-corrected chi connectivity index (χ3v) is 8.98. The molecule has 4 aromatic carbocycles. The molecule has 1 aliphatic heterocycles. The first-order valence-corrected chi connectivity index (χ1v) is 14.1. The molecular weight excluding hydrogens is 504 g/mol. The Morgan fingerprint density at radius 2 is 1.39 bits per heavy atom. The minimum absolute atomic E-state index is 0.0553. The first-order chi connectivity index (χ1) is 20.1. The van der Waals surface area contributed by atoms with Crippen molar-refractivity contribution in [1.29, 1.82) is 0 Å². The number of hydrogen-bond donors (Lipinski definition) is 1. The molecule has 196 valence electrons. The van der Waals surface area contributed by atoms with E-state index in [1.54, 1.807) is 0 Å². The highest BCUT2D eigenvalue weighted by molar-refractivity contribution is 6.21. The van der Waals surface area contributed by atoms with Crippen LogP contribution in [0.3, 0.4) is 0 Å². The number of hydrogen-bond acceptors (Lipinski definition) is 4. The quantitative estimate of drug-likeness (QED) is 0.242. The number of pyridine rings is 1. The lowest BCUT2D eigenvalue weighted by Crippen LogP contribution is -2.23. The summed E-state index contributed by atoms with van der Waals surface area (Å²) in [6.07, 6.45) is 6.42. The van der Waals surface area contributed by atoms with E-state index in [1.165, 1.54) is 16.7 Å². The first kappa shape index (κ1) is 22.7. The van der Waals surface area contributed by atoms with Crippen molar-refractivity contribution < 1.29 is 8.83 Å². The highest BCUT2D eigenvalue weighted by Crippen LogP contribution is 2.48. The number of benzene rings is 4. The van der Waals surface area contributed by atoms with Crippen LogP contribution >= 0.6 is 0 Å². The van der Waals surface area contributed by atoms with Crippen LogP contribution in [0, 0.1) is 0 Å². The minimum atomic E-state index is -0.0690. The van der Waals surface area contributed by atoms with Crippen molar-refractivity contribution in [3.8, 4) is 11.1 Å². The van der Waals surface area contributed by atoms with Gasteiger partial charge < -0.3 is 14.2 Å². The molecule has 3 aromatic heterocycles. The van der Waals surface area contributed by atoms with Gasteiger partial charge >= 0.3 is 0 Å². The summed E-state index contributed by atoms with van der Waals surface area (Å²) in [6, 6.07) is 31.8. The zero-order valence-corrected chi connectivity index (χ0v) is 22.7. The van der Waals surface area contributed by atoms with E-state index >= 15 is 0 Å². The zero-order chi connectivity index (χ0) is 27.3. The lowest BCUT2D eigenvalue weighted by atomic mass is 9.81. The van der Waals surface area contributed by atoms with Gasteiger partial charge in [-0.1, -0.05) is 92.7 Å². The van der Waals surface area contributed by atoms with Gasteiger partial charge in [0.1, 0.15) is 22.3 Å². The van der Waals surface area contributed by atoms with Crippen molar-refractivity contribution >= 4 is 49.6 Å². The number of aromatic nitrogens is 1. The summed E-state index contributed by atoms with van der Waals surface area (Å²) in [7, 11) is 0. The zero-order valence-electron chi connectivity index (χ0n) is 22.7. The molecular formula is C37H26N2O2. The van der Waals surface area contributed by atoms with Crippen LogP contribution in [0.25, 0.3) is 60.7 Å². The second-order valence-electron chi connectivity index (χ2n) is 11.6. The van der Waals surface area contributed by atoms with Crippen molar-refractivity contribution in [3.63, 3.8) is 0 Å². The largest absolute Gasteiger partial charge is 0.455 e. The van der Waals surface area contributed by atoms with E-state index in [0.717, 1.165) is 66.4 Å². The van der Waals surface area contributed by atoms with E-state index in [0.29, 0.717) is 0 Å². The maximum Gasteiger partial charge on any atom is 0.147 e. The van der Waals surface area contributed by atoms with Crippen molar-refractivity contribution in [3.05, 3.63) is 132 Å². The van der Waals surface area contributed by atoms with Gasteiger partial charge in [-0.2, -0.15) is 0 Å². The maximum absolute atomic E-state index is 6.49. The number of para-hydroxylation sites is 2. The summed E-state index contributed by atoms with van der Waals surface area (Å²) >= 11 is 0. The van der Waals surface area contributed by atoms with Gasteiger partial charge in [-0.15, -0.1) is 0 Å². The fraction of sp³-hybridized carbons (Fsp3) is 0.108. The predicted molar refractivity (Wildman–Crippen MR) is 166 cm³/mol. The lowest BCUT2D eigenvalue weighted by Gasteiger charge is -2.27. The smallest absolute Gasteiger partial charge is 0.147 e. The number of nitrogens with one attached hydrogen (secondary N) is 1. The fourth-order valence-corrected chi connectivity index (χ4v) is 6.88. The van der Waals surface area contributed by atoms with Gasteiger partial charge in [0.05, 0.1) is 23.0 Å². The van der Waals surface area contributed by atoms with Crippen LogP contribution in [0.15, 0.2) is 124 Å². The molecule has 41 heavy (non-hydrogen) atoms. The molecule has 0 saturated heterocycles. The SMILES string of the molecule is CC1(C)C2=C(NC(c3ccc(-c4c5oc6ccccc6c5cc5c4oc4ccccc45)cc3)C=C2)c2ncccc21. The molecule has 4 heterocycles. The summed E-state index contributed by atoms with van der Waals surface area (Å²) in [6.45, 7) is 4.54. The Kier molecular flexibility index (Phi) is 4.42. The van der Waals surface area contributed by atoms with Crippen LogP contribution in [-0.4, -0.2) is 4.98 Å². The van der Waals surface area contributed by atoms with E-state index < -0.39 is 0 Å². The van der Waals surface area contributed by atoms with E-state index in [4.69, 9.17) is 13.8 Å². The number of furan rings is 2. The number of allylic oxidation sites excluding steroid dienone is 2. The molecule has 2 aliphatic rings. The molecule has 0 radical (unpaired) electrons. The molecule has 0 spiro atoms. The Morgan fingerprint density at radius 3 is 2.07 bits per heavy atom. The average molecular weight is 531 g/mol. The summed E-state index contributed by atoms with van der Waals surface area (Å²) in [5, 5.41) is 8.22. The van der Waals surface area contributed by atoms with Crippen LogP contribution in [0.4, 0.5) is 0 Å². The molecule has 0 bridgehead atoms. The summed E-state index contributed by atoms with van der Waals surface area (Å²) in [4.78, 5) is 4.74. The van der Waals surface area contributed by atoms with Gasteiger partial charge in [0.15, 0.2) is 0 Å². The third-order valence-electron chi connectivity index (χ3n) is 8.98. The van der Waals surface area contributed by atoms with Crippen LogP contribution in [0.1, 0.15) is 36.7 Å². The molecule has 9 rings (SSSR count). The van der Waals surface area contributed by atoms with Gasteiger partial charge in [-0.05, 0) is 46.5 Å². The van der Waals surface area contributed by atoms with Crippen LogP contribution in [-0.2, 0) is 5.41 Å². The minimum Gasteiger partial charge on any atom is -0.455 e. The Hall–Kier alpha value is -5.09. The Labute approximate surface area is 236 Å². The Bertz CT molecular complexity index is 2170. The molecule has 7 aromatic rings. The van der Waals surface area contributed by atoms with Gasteiger partial charge in [0.25, 0.3) is 0 Å².